The summed E-state index contributed by atoms with van der Waals surface area (Å²) in [6.45, 7) is 0.742. The van der Waals surface area contributed by atoms with Crippen LogP contribution in [0.3, 0.4) is 0 Å². The standard InChI is InChI=1S/C14H18ClNO2/c1-18-13-6-4-5-12-11(13)7-8-14(17)16(12)10-3-2-9-15/h4-6H,2-3,7-10H2,1H3. The SMILES string of the molecule is COc1cccc2c1CCC(=O)N2CCCCCl. The highest BCUT2D eigenvalue weighted by atomic mass is 35.5. The molecule has 1 amide bonds. The Morgan fingerprint density at radius 2 is 2.17 bits per heavy atom. The summed E-state index contributed by atoms with van der Waals surface area (Å²) in [6, 6.07) is 5.88. The number of unbranched alkanes of at least 4 members (excludes halogenated alkanes) is 1. The third-order valence-corrected chi connectivity index (χ3v) is 3.54. The Labute approximate surface area is 113 Å². The average molecular weight is 268 g/mol. The fraction of sp³-hybridized carbons (Fsp3) is 0.500. The molecule has 0 unspecified atom stereocenters. The molecule has 0 aliphatic carbocycles. The van der Waals surface area contributed by atoms with E-state index in [1.54, 1.807) is 7.11 Å². The lowest BCUT2D eigenvalue weighted by atomic mass is 9.99. The molecule has 0 bridgehead atoms. The van der Waals surface area contributed by atoms with Crippen molar-refractivity contribution < 1.29 is 9.53 Å². The third kappa shape index (κ3) is 2.61. The number of ether oxygens (including phenoxy) is 1. The van der Waals surface area contributed by atoms with Crippen LogP contribution in [-0.2, 0) is 11.2 Å². The molecule has 1 aromatic carbocycles. The number of alkyl halides is 1. The highest BCUT2D eigenvalue weighted by molar-refractivity contribution is 6.17. The van der Waals surface area contributed by atoms with Crippen molar-refractivity contribution in [2.24, 2.45) is 0 Å². The second-order valence-electron chi connectivity index (χ2n) is 4.40. The number of benzene rings is 1. The van der Waals surface area contributed by atoms with Crippen LogP contribution in [-0.4, -0.2) is 25.4 Å². The van der Waals surface area contributed by atoms with Gasteiger partial charge in [-0.2, -0.15) is 0 Å². The van der Waals surface area contributed by atoms with E-state index in [9.17, 15) is 4.79 Å². The fourth-order valence-electron chi connectivity index (χ4n) is 2.36. The van der Waals surface area contributed by atoms with E-state index in [1.807, 2.05) is 23.1 Å². The van der Waals surface area contributed by atoms with Crippen LogP contribution >= 0.6 is 11.6 Å². The molecule has 0 saturated heterocycles. The van der Waals surface area contributed by atoms with Gasteiger partial charge in [-0.25, -0.2) is 0 Å². The first-order valence-electron chi connectivity index (χ1n) is 6.30. The van der Waals surface area contributed by atoms with E-state index in [0.29, 0.717) is 12.3 Å². The number of nitrogens with zero attached hydrogens (tertiary/aromatic N) is 1. The molecular weight excluding hydrogens is 250 g/mol. The smallest absolute Gasteiger partial charge is 0.227 e. The molecular formula is C14H18ClNO2. The van der Waals surface area contributed by atoms with Crippen LogP contribution in [0.25, 0.3) is 0 Å². The van der Waals surface area contributed by atoms with Gasteiger partial charge in [-0.3, -0.25) is 4.79 Å². The van der Waals surface area contributed by atoms with Crippen molar-refractivity contribution in [3.8, 4) is 5.75 Å². The van der Waals surface area contributed by atoms with Crippen LogP contribution in [0.2, 0.25) is 0 Å². The normalized spacial score (nSPS) is 14.6. The van der Waals surface area contributed by atoms with Crippen molar-refractivity contribution >= 4 is 23.2 Å². The highest BCUT2D eigenvalue weighted by Gasteiger charge is 2.25. The molecule has 0 N–H and O–H groups in total. The van der Waals surface area contributed by atoms with Gasteiger partial charge in [0, 0.05) is 24.4 Å². The predicted molar refractivity (Wildman–Crippen MR) is 73.6 cm³/mol. The van der Waals surface area contributed by atoms with Crippen LogP contribution < -0.4 is 9.64 Å². The Bertz CT molecular complexity index is 434. The minimum atomic E-state index is 0.199. The summed E-state index contributed by atoms with van der Waals surface area (Å²) in [4.78, 5) is 13.9. The van der Waals surface area contributed by atoms with Crippen LogP contribution in [0, 0.1) is 0 Å². The number of halogens is 1. The lowest BCUT2D eigenvalue weighted by Gasteiger charge is -2.30. The van der Waals surface area contributed by atoms with Crippen molar-refractivity contribution in [1.82, 2.24) is 0 Å². The first kappa shape index (κ1) is 13.2. The Hall–Kier alpha value is -1.22. The zero-order valence-corrected chi connectivity index (χ0v) is 11.4. The van der Waals surface area contributed by atoms with Crippen LogP contribution in [0.15, 0.2) is 18.2 Å². The lowest BCUT2D eigenvalue weighted by molar-refractivity contribution is -0.118. The van der Waals surface area contributed by atoms with Gasteiger partial charge >= 0.3 is 0 Å². The number of carbonyl (C=O) groups is 1. The van der Waals surface area contributed by atoms with E-state index in [4.69, 9.17) is 16.3 Å². The molecule has 1 aliphatic rings. The van der Waals surface area contributed by atoms with E-state index >= 15 is 0 Å². The van der Waals surface area contributed by atoms with Crippen molar-refractivity contribution in [3.63, 3.8) is 0 Å². The van der Waals surface area contributed by atoms with Gasteiger partial charge in [0.05, 0.1) is 12.8 Å². The van der Waals surface area contributed by atoms with E-state index < -0.39 is 0 Å². The van der Waals surface area contributed by atoms with Crippen LogP contribution in [0.1, 0.15) is 24.8 Å². The Morgan fingerprint density at radius 1 is 1.33 bits per heavy atom. The number of hydrogen-bond acceptors (Lipinski definition) is 2. The number of rotatable bonds is 5. The predicted octanol–water partition coefficient (Wildman–Crippen LogP) is 2.99. The largest absolute Gasteiger partial charge is 0.496 e. The number of fused-ring (bicyclic) bond motifs is 1. The van der Waals surface area contributed by atoms with Gasteiger partial charge in [0.1, 0.15) is 5.75 Å². The number of hydrogen-bond donors (Lipinski definition) is 0. The number of anilines is 1. The van der Waals surface area contributed by atoms with Gasteiger partial charge < -0.3 is 9.64 Å². The first-order valence-corrected chi connectivity index (χ1v) is 6.83. The summed E-state index contributed by atoms with van der Waals surface area (Å²) in [5.74, 6) is 1.72. The minimum absolute atomic E-state index is 0.199. The maximum atomic E-state index is 12.0. The molecule has 2 rings (SSSR count). The van der Waals surface area contributed by atoms with Gasteiger partial charge in [-0.1, -0.05) is 6.07 Å². The van der Waals surface area contributed by atoms with Crippen LogP contribution in [0.5, 0.6) is 5.75 Å². The zero-order chi connectivity index (χ0) is 13.0. The van der Waals surface area contributed by atoms with E-state index in [0.717, 1.165) is 42.8 Å². The van der Waals surface area contributed by atoms with Gasteiger partial charge in [-0.05, 0) is 31.4 Å². The van der Waals surface area contributed by atoms with E-state index in [2.05, 4.69) is 0 Å². The molecule has 1 heterocycles. The van der Waals surface area contributed by atoms with Crippen LogP contribution in [0.4, 0.5) is 5.69 Å². The summed E-state index contributed by atoms with van der Waals surface area (Å²) in [5, 5.41) is 0. The second kappa shape index (κ2) is 6.10. The average Bonchev–Trinajstić information content (AvgIpc) is 2.40. The van der Waals surface area contributed by atoms with Gasteiger partial charge in [0.25, 0.3) is 0 Å². The summed E-state index contributed by atoms with van der Waals surface area (Å²) in [5.41, 5.74) is 2.14. The zero-order valence-electron chi connectivity index (χ0n) is 10.6. The monoisotopic (exact) mass is 267 g/mol. The van der Waals surface area contributed by atoms with Gasteiger partial charge in [0.2, 0.25) is 5.91 Å². The molecule has 1 aliphatic heterocycles. The van der Waals surface area contributed by atoms with E-state index in [1.165, 1.54) is 0 Å². The molecule has 3 nitrogen and oxygen atoms in total. The molecule has 4 heteroatoms. The molecule has 0 spiro atoms. The third-order valence-electron chi connectivity index (χ3n) is 3.27. The molecule has 0 atom stereocenters. The van der Waals surface area contributed by atoms with Crippen molar-refractivity contribution in [3.05, 3.63) is 23.8 Å². The molecule has 0 fully saturated rings. The summed E-state index contributed by atoms with van der Waals surface area (Å²) in [7, 11) is 1.67. The molecule has 18 heavy (non-hydrogen) atoms. The maximum Gasteiger partial charge on any atom is 0.227 e. The second-order valence-corrected chi connectivity index (χ2v) is 4.78. The van der Waals surface area contributed by atoms with Gasteiger partial charge in [-0.15, -0.1) is 11.6 Å². The molecule has 1 aromatic rings. The summed E-state index contributed by atoms with van der Waals surface area (Å²) in [6.07, 6.45) is 3.20. The van der Waals surface area contributed by atoms with E-state index in [-0.39, 0.29) is 5.91 Å². The number of amides is 1. The first-order chi connectivity index (χ1) is 8.77. The van der Waals surface area contributed by atoms with Crippen molar-refractivity contribution in [1.29, 1.82) is 0 Å². The highest BCUT2D eigenvalue weighted by Crippen LogP contribution is 2.34. The molecule has 0 saturated carbocycles. The number of carbonyl (C=O) groups excluding carboxylic acids is 1. The number of methoxy groups -OCH3 is 1. The summed E-state index contributed by atoms with van der Waals surface area (Å²) < 4.78 is 5.36. The molecule has 98 valence electrons. The molecule has 0 radical (unpaired) electrons. The lowest BCUT2D eigenvalue weighted by Crippen LogP contribution is -2.36. The Morgan fingerprint density at radius 3 is 2.89 bits per heavy atom. The molecule has 0 aromatic heterocycles. The van der Waals surface area contributed by atoms with Gasteiger partial charge in [0.15, 0.2) is 0 Å². The topological polar surface area (TPSA) is 29.5 Å². The fourth-order valence-corrected chi connectivity index (χ4v) is 2.55. The Balaban J connectivity index is 2.24. The van der Waals surface area contributed by atoms with Crippen molar-refractivity contribution in [2.45, 2.75) is 25.7 Å². The minimum Gasteiger partial charge on any atom is -0.496 e. The summed E-state index contributed by atoms with van der Waals surface area (Å²) >= 11 is 5.68. The van der Waals surface area contributed by atoms with Crippen molar-refractivity contribution in [2.75, 3.05) is 24.4 Å². The maximum absolute atomic E-state index is 12.0. The Kier molecular flexibility index (Phi) is 4.48. The quantitative estimate of drug-likeness (QED) is 0.606.